The van der Waals surface area contributed by atoms with Gasteiger partial charge in [-0.15, -0.1) is 11.6 Å². The number of carbonyl (C=O) groups excluding carboxylic acids is 2. The van der Waals surface area contributed by atoms with Crippen LogP contribution in [0.3, 0.4) is 0 Å². The first kappa shape index (κ1) is 7.80. The first-order chi connectivity index (χ1) is 5.68. The minimum absolute atomic E-state index is 0.148. The molecule has 0 amide bonds. The largest absolute Gasteiger partial charge is 0.392 e. The fourth-order valence-electron chi connectivity index (χ4n) is 1.57. The fourth-order valence-corrected chi connectivity index (χ4v) is 1.85. The summed E-state index contributed by atoms with van der Waals surface area (Å²) in [6.07, 6.45) is 3.91. The van der Waals surface area contributed by atoms with Crippen molar-refractivity contribution >= 4 is 23.5 Å². The topological polar surface area (TPSA) is 43.4 Å². The number of fused-ring (bicyclic) bond motifs is 1. The van der Waals surface area contributed by atoms with Gasteiger partial charge in [0, 0.05) is 0 Å². The number of hydrogen-bond donors (Lipinski definition) is 0. The molecular formula is C8H7ClO3. The zero-order chi connectivity index (χ0) is 8.72. The van der Waals surface area contributed by atoms with Crippen molar-refractivity contribution in [2.75, 3.05) is 0 Å². The van der Waals surface area contributed by atoms with Crippen molar-refractivity contribution in [1.82, 2.24) is 0 Å². The number of esters is 2. The van der Waals surface area contributed by atoms with Crippen LogP contribution in [0.1, 0.15) is 6.42 Å². The first-order valence-corrected chi connectivity index (χ1v) is 4.20. The van der Waals surface area contributed by atoms with Gasteiger partial charge in [-0.1, -0.05) is 12.2 Å². The average Bonchev–Trinajstić information content (AvgIpc) is 2.28. The molecule has 4 heteroatoms. The maximum absolute atomic E-state index is 11.0. The van der Waals surface area contributed by atoms with Gasteiger partial charge in [-0.05, 0) is 6.42 Å². The smallest absolute Gasteiger partial charge is 0.321 e. The molecule has 12 heavy (non-hydrogen) atoms. The number of allylic oxidation sites excluding steroid dienone is 1. The number of hydrogen-bond acceptors (Lipinski definition) is 3. The Morgan fingerprint density at radius 3 is 2.83 bits per heavy atom. The normalized spacial score (nSPS) is 39.6. The Labute approximate surface area is 74.3 Å². The Hall–Kier alpha value is -0.830. The molecule has 0 saturated carbocycles. The van der Waals surface area contributed by atoms with Crippen LogP contribution >= 0.6 is 11.6 Å². The molecule has 0 N–H and O–H groups in total. The van der Waals surface area contributed by atoms with Crippen LogP contribution in [-0.4, -0.2) is 17.3 Å². The van der Waals surface area contributed by atoms with E-state index in [0.717, 1.165) is 0 Å². The molecule has 0 spiro atoms. The molecule has 0 aromatic heterocycles. The maximum Gasteiger partial charge on any atom is 0.321 e. The van der Waals surface area contributed by atoms with Crippen molar-refractivity contribution in [3.63, 3.8) is 0 Å². The van der Waals surface area contributed by atoms with E-state index in [1.807, 2.05) is 0 Å². The summed E-state index contributed by atoms with van der Waals surface area (Å²) < 4.78 is 4.47. The third-order valence-corrected chi connectivity index (χ3v) is 2.54. The predicted octanol–water partition coefficient (Wildman–Crippen LogP) is 0.869. The Kier molecular flexibility index (Phi) is 1.68. The Balaban J connectivity index is 2.29. The number of carbonyl (C=O) groups is 2. The molecule has 2 rings (SSSR count). The van der Waals surface area contributed by atoms with E-state index in [1.165, 1.54) is 0 Å². The Bertz CT molecular complexity index is 271. The fraction of sp³-hybridized carbons (Fsp3) is 0.500. The van der Waals surface area contributed by atoms with Gasteiger partial charge >= 0.3 is 11.9 Å². The van der Waals surface area contributed by atoms with Gasteiger partial charge in [-0.25, -0.2) is 0 Å². The van der Waals surface area contributed by atoms with Crippen LogP contribution in [0.25, 0.3) is 0 Å². The molecule has 0 bridgehead atoms. The number of ether oxygens (including phenoxy) is 1. The summed E-state index contributed by atoms with van der Waals surface area (Å²) in [7, 11) is 0. The number of halogens is 1. The van der Waals surface area contributed by atoms with E-state index in [-0.39, 0.29) is 17.2 Å². The lowest BCUT2D eigenvalue weighted by molar-refractivity contribution is -0.153. The van der Waals surface area contributed by atoms with E-state index in [4.69, 9.17) is 11.6 Å². The van der Waals surface area contributed by atoms with Crippen LogP contribution in [-0.2, 0) is 14.3 Å². The second-order valence-corrected chi connectivity index (χ2v) is 3.57. The van der Waals surface area contributed by atoms with Crippen LogP contribution < -0.4 is 0 Å². The minimum atomic E-state index is -0.440. The molecule has 0 aromatic rings. The van der Waals surface area contributed by atoms with Crippen molar-refractivity contribution in [2.24, 2.45) is 11.8 Å². The molecule has 1 saturated heterocycles. The summed E-state index contributed by atoms with van der Waals surface area (Å²) in [6, 6.07) is 0. The molecule has 3 atom stereocenters. The lowest BCUT2D eigenvalue weighted by Gasteiger charge is -2.16. The molecule has 1 fully saturated rings. The van der Waals surface area contributed by atoms with Crippen LogP contribution in [0.5, 0.6) is 0 Å². The molecule has 1 heterocycles. The summed E-state index contributed by atoms with van der Waals surface area (Å²) >= 11 is 5.79. The third kappa shape index (κ3) is 1.05. The lowest BCUT2D eigenvalue weighted by atomic mass is 9.86. The van der Waals surface area contributed by atoms with E-state index in [9.17, 15) is 9.59 Å². The van der Waals surface area contributed by atoms with Gasteiger partial charge in [-0.3, -0.25) is 9.59 Å². The van der Waals surface area contributed by atoms with Crippen LogP contribution in [0.4, 0.5) is 0 Å². The van der Waals surface area contributed by atoms with Gasteiger partial charge < -0.3 is 4.74 Å². The molecular weight excluding hydrogens is 180 g/mol. The zero-order valence-electron chi connectivity index (χ0n) is 6.20. The van der Waals surface area contributed by atoms with Gasteiger partial charge in [0.2, 0.25) is 0 Å². The molecule has 2 aliphatic rings. The van der Waals surface area contributed by atoms with Gasteiger partial charge in [-0.2, -0.15) is 0 Å². The Morgan fingerprint density at radius 2 is 2.08 bits per heavy atom. The standard InChI is InChI=1S/C8H7ClO3/c9-4-1-2-5-6(3-4)8(11)12-7(5)10/h1-2,4-6H,3H2/t4-,5-,6-/m1/s1. The van der Waals surface area contributed by atoms with E-state index in [1.54, 1.807) is 12.2 Å². The van der Waals surface area contributed by atoms with Gasteiger partial charge in [0.1, 0.15) is 0 Å². The van der Waals surface area contributed by atoms with Crippen molar-refractivity contribution in [3.05, 3.63) is 12.2 Å². The minimum Gasteiger partial charge on any atom is -0.392 e. The molecule has 1 aliphatic heterocycles. The summed E-state index contributed by atoms with van der Waals surface area (Å²) in [6.45, 7) is 0. The highest BCUT2D eigenvalue weighted by atomic mass is 35.5. The molecule has 0 unspecified atom stereocenters. The van der Waals surface area contributed by atoms with Crippen molar-refractivity contribution in [1.29, 1.82) is 0 Å². The number of alkyl halides is 1. The summed E-state index contributed by atoms with van der Waals surface area (Å²) in [5.41, 5.74) is 0. The van der Waals surface area contributed by atoms with Gasteiger partial charge in [0.05, 0.1) is 17.2 Å². The van der Waals surface area contributed by atoms with Crippen LogP contribution in [0, 0.1) is 11.8 Å². The van der Waals surface area contributed by atoms with E-state index in [2.05, 4.69) is 4.74 Å². The van der Waals surface area contributed by atoms with Crippen molar-refractivity contribution < 1.29 is 14.3 Å². The molecule has 3 nitrogen and oxygen atoms in total. The molecule has 0 radical (unpaired) electrons. The van der Waals surface area contributed by atoms with Crippen molar-refractivity contribution in [2.45, 2.75) is 11.8 Å². The van der Waals surface area contributed by atoms with Crippen LogP contribution in [0.15, 0.2) is 12.2 Å². The highest BCUT2D eigenvalue weighted by Crippen LogP contribution is 2.34. The summed E-state index contributed by atoms with van der Waals surface area (Å²) in [5, 5.41) is -0.148. The molecule has 1 aliphatic carbocycles. The maximum atomic E-state index is 11.0. The average molecular weight is 187 g/mol. The quantitative estimate of drug-likeness (QED) is 0.244. The van der Waals surface area contributed by atoms with E-state index < -0.39 is 11.9 Å². The lowest BCUT2D eigenvalue weighted by Crippen LogP contribution is -2.23. The summed E-state index contributed by atoms with van der Waals surface area (Å²) in [4.78, 5) is 22.0. The van der Waals surface area contributed by atoms with Crippen molar-refractivity contribution in [3.8, 4) is 0 Å². The second kappa shape index (κ2) is 2.59. The van der Waals surface area contributed by atoms with Crippen LogP contribution in [0.2, 0.25) is 0 Å². The van der Waals surface area contributed by atoms with Gasteiger partial charge in [0.25, 0.3) is 0 Å². The van der Waals surface area contributed by atoms with Gasteiger partial charge in [0.15, 0.2) is 0 Å². The Morgan fingerprint density at radius 1 is 1.33 bits per heavy atom. The zero-order valence-corrected chi connectivity index (χ0v) is 6.95. The predicted molar refractivity (Wildman–Crippen MR) is 41.5 cm³/mol. The third-order valence-electron chi connectivity index (χ3n) is 2.22. The monoisotopic (exact) mass is 186 g/mol. The highest BCUT2D eigenvalue weighted by molar-refractivity contribution is 6.22. The second-order valence-electron chi connectivity index (χ2n) is 3.01. The van der Waals surface area contributed by atoms with E-state index >= 15 is 0 Å². The van der Waals surface area contributed by atoms with E-state index in [0.29, 0.717) is 6.42 Å². The highest BCUT2D eigenvalue weighted by Gasteiger charge is 2.44. The number of rotatable bonds is 0. The first-order valence-electron chi connectivity index (χ1n) is 3.76. The molecule has 0 aromatic carbocycles. The SMILES string of the molecule is O=C1OC(=O)[C@@H]2C[C@H](Cl)C=C[C@@H]12. The number of cyclic esters (lactones) is 2. The molecule has 64 valence electrons. The summed E-state index contributed by atoms with van der Waals surface area (Å²) in [5.74, 6) is -1.60.